The van der Waals surface area contributed by atoms with Crippen molar-refractivity contribution in [2.45, 2.75) is 12.6 Å². The van der Waals surface area contributed by atoms with E-state index in [-0.39, 0.29) is 5.76 Å². The third kappa shape index (κ3) is 3.27. The maximum atomic E-state index is 12.0. The van der Waals surface area contributed by atoms with Crippen molar-refractivity contribution in [2.75, 3.05) is 40.0 Å². The molecule has 0 unspecified atom stereocenters. The summed E-state index contributed by atoms with van der Waals surface area (Å²) in [6.07, 6.45) is 0. The van der Waals surface area contributed by atoms with Crippen LogP contribution in [-0.2, 0) is 16.0 Å². The van der Waals surface area contributed by atoms with Gasteiger partial charge < -0.3 is 13.9 Å². The summed E-state index contributed by atoms with van der Waals surface area (Å²) in [5, 5.41) is 0. The van der Waals surface area contributed by atoms with Crippen molar-refractivity contribution in [3.63, 3.8) is 0 Å². The maximum Gasteiger partial charge on any atom is 0.419 e. The number of methoxy groups -OCH3 is 1. The lowest BCUT2D eigenvalue weighted by Gasteiger charge is -2.37. The second-order valence-electron chi connectivity index (χ2n) is 5.35. The van der Waals surface area contributed by atoms with Crippen molar-refractivity contribution in [1.82, 2.24) is 9.47 Å². The molecule has 0 bridgehead atoms. The summed E-state index contributed by atoms with van der Waals surface area (Å²) in [7, 11) is 1.70. The van der Waals surface area contributed by atoms with Gasteiger partial charge in [0.15, 0.2) is 5.58 Å². The standard InChI is InChI=1S/C15H19BrN2O4/c1-20-7-6-17(12-9-21-10-12)4-5-18-13-8-11(16)2-3-14(13)22-15(18)19/h2-3,8,12H,4-7,9-10H2,1H3. The van der Waals surface area contributed by atoms with Gasteiger partial charge in [0.2, 0.25) is 0 Å². The first-order valence-corrected chi connectivity index (χ1v) is 8.08. The van der Waals surface area contributed by atoms with Crippen LogP contribution in [-0.4, -0.2) is 55.5 Å². The van der Waals surface area contributed by atoms with Crippen LogP contribution in [0.5, 0.6) is 0 Å². The molecule has 3 rings (SSSR count). The number of hydrogen-bond acceptors (Lipinski definition) is 5. The van der Waals surface area contributed by atoms with Crippen molar-refractivity contribution >= 4 is 27.0 Å². The van der Waals surface area contributed by atoms with E-state index >= 15 is 0 Å². The van der Waals surface area contributed by atoms with Gasteiger partial charge in [0.1, 0.15) is 0 Å². The van der Waals surface area contributed by atoms with Crippen LogP contribution in [0.3, 0.4) is 0 Å². The third-order valence-corrected chi connectivity index (χ3v) is 4.45. The second-order valence-corrected chi connectivity index (χ2v) is 6.27. The molecule has 2 aromatic rings. The Morgan fingerprint density at radius 2 is 2.23 bits per heavy atom. The van der Waals surface area contributed by atoms with Crippen LogP contribution in [0.1, 0.15) is 0 Å². The van der Waals surface area contributed by atoms with Gasteiger partial charge in [0, 0.05) is 31.2 Å². The van der Waals surface area contributed by atoms with Gasteiger partial charge in [-0.05, 0) is 18.2 Å². The molecular weight excluding hydrogens is 352 g/mol. The summed E-state index contributed by atoms with van der Waals surface area (Å²) >= 11 is 3.43. The molecule has 1 aromatic carbocycles. The molecule has 22 heavy (non-hydrogen) atoms. The number of oxazole rings is 1. The summed E-state index contributed by atoms with van der Waals surface area (Å²) < 4.78 is 18.3. The van der Waals surface area contributed by atoms with Crippen LogP contribution in [0.4, 0.5) is 0 Å². The number of aromatic nitrogens is 1. The fourth-order valence-corrected chi connectivity index (χ4v) is 2.94. The molecule has 0 radical (unpaired) electrons. The van der Waals surface area contributed by atoms with E-state index < -0.39 is 0 Å². The Morgan fingerprint density at radius 1 is 1.41 bits per heavy atom. The van der Waals surface area contributed by atoms with Gasteiger partial charge in [-0.3, -0.25) is 9.47 Å². The quantitative estimate of drug-likeness (QED) is 0.742. The Bertz CT molecular complexity index is 692. The Labute approximate surface area is 136 Å². The minimum Gasteiger partial charge on any atom is -0.408 e. The van der Waals surface area contributed by atoms with E-state index in [4.69, 9.17) is 13.9 Å². The Kier molecular flexibility index (Phi) is 4.97. The van der Waals surface area contributed by atoms with Crippen molar-refractivity contribution in [1.29, 1.82) is 0 Å². The number of rotatable bonds is 7. The average molecular weight is 371 g/mol. The molecule has 0 saturated carbocycles. The van der Waals surface area contributed by atoms with Crippen molar-refractivity contribution in [3.8, 4) is 0 Å². The summed E-state index contributed by atoms with van der Waals surface area (Å²) in [6, 6.07) is 5.99. The Hall–Kier alpha value is -1.15. The molecular formula is C15H19BrN2O4. The first-order chi connectivity index (χ1) is 10.7. The molecule has 1 fully saturated rings. The van der Waals surface area contributed by atoms with Crippen LogP contribution in [0, 0.1) is 0 Å². The van der Waals surface area contributed by atoms with Crippen LogP contribution >= 0.6 is 15.9 Å². The predicted octanol–water partition coefficient (Wildman–Crippen LogP) is 1.70. The number of nitrogens with zero attached hydrogens (tertiary/aromatic N) is 2. The molecule has 0 amide bonds. The molecule has 0 atom stereocenters. The maximum absolute atomic E-state index is 12.0. The summed E-state index contributed by atoms with van der Waals surface area (Å²) in [5.41, 5.74) is 1.43. The smallest absolute Gasteiger partial charge is 0.408 e. The van der Waals surface area contributed by atoms with Gasteiger partial charge in [-0.15, -0.1) is 0 Å². The Morgan fingerprint density at radius 3 is 2.91 bits per heavy atom. The highest BCUT2D eigenvalue weighted by Gasteiger charge is 2.25. The minimum atomic E-state index is -0.315. The largest absolute Gasteiger partial charge is 0.419 e. The van der Waals surface area contributed by atoms with E-state index in [1.807, 2.05) is 12.1 Å². The summed E-state index contributed by atoms with van der Waals surface area (Å²) in [5.74, 6) is -0.315. The molecule has 0 N–H and O–H groups in total. The molecule has 1 saturated heterocycles. The average Bonchev–Trinajstić information content (AvgIpc) is 2.75. The molecule has 6 nitrogen and oxygen atoms in total. The molecule has 0 aliphatic carbocycles. The van der Waals surface area contributed by atoms with Crippen LogP contribution < -0.4 is 5.76 Å². The van der Waals surface area contributed by atoms with E-state index in [2.05, 4.69) is 20.8 Å². The molecule has 1 aromatic heterocycles. The first-order valence-electron chi connectivity index (χ1n) is 7.28. The Balaban J connectivity index is 1.75. The predicted molar refractivity (Wildman–Crippen MR) is 86.2 cm³/mol. The second kappa shape index (κ2) is 6.95. The topological polar surface area (TPSA) is 56.8 Å². The zero-order valence-corrected chi connectivity index (χ0v) is 14.0. The fraction of sp³-hybridized carbons (Fsp3) is 0.533. The lowest BCUT2D eigenvalue weighted by molar-refractivity contribution is -0.0704. The summed E-state index contributed by atoms with van der Waals surface area (Å²) in [6.45, 7) is 4.34. The van der Waals surface area contributed by atoms with E-state index in [1.165, 1.54) is 0 Å². The molecule has 1 aliphatic rings. The van der Waals surface area contributed by atoms with Crippen LogP contribution in [0.2, 0.25) is 0 Å². The minimum absolute atomic E-state index is 0.315. The molecule has 0 spiro atoms. The highest BCUT2D eigenvalue weighted by molar-refractivity contribution is 9.10. The zero-order chi connectivity index (χ0) is 15.5. The molecule has 2 heterocycles. The highest BCUT2D eigenvalue weighted by atomic mass is 79.9. The molecule has 1 aliphatic heterocycles. The van der Waals surface area contributed by atoms with Crippen molar-refractivity contribution < 1.29 is 13.9 Å². The molecule has 7 heteroatoms. The number of hydrogen-bond donors (Lipinski definition) is 0. The highest BCUT2D eigenvalue weighted by Crippen LogP contribution is 2.19. The molecule has 120 valence electrons. The van der Waals surface area contributed by atoms with Gasteiger partial charge in [-0.1, -0.05) is 15.9 Å². The zero-order valence-electron chi connectivity index (χ0n) is 12.5. The van der Waals surface area contributed by atoms with E-state index in [1.54, 1.807) is 17.7 Å². The number of benzene rings is 1. The van der Waals surface area contributed by atoms with Crippen LogP contribution in [0.25, 0.3) is 11.1 Å². The van der Waals surface area contributed by atoms with Gasteiger partial charge in [-0.2, -0.15) is 0 Å². The fourth-order valence-electron chi connectivity index (χ4n) is 2.60. The SMILES string of the molecule is COCCN(CCn1c(=O)oc2ccc(Br)cc21)C1COC1. The first kappa shape index (κ1) is 15.7. The third-order valence-electron chi connectivity index (χ3n) is 3.96. The van der Waals surface area contributed by atoms with Gasteiger partial charge in [0.05, 0.1) is 31.4 Å². The van der Waals surface area contributed by atoms with Gasteiger partial charge in [-0.25, -0.2) is 4.79 Å². The van der Waals surface area contributed by atoms with E-state index in [0.29, 0.717) is 24.8 Å². The van der Waals surface area contributed by atoms with Crippen molar-refractivity contribution in [2.24, 2.45) is 0 Å². The van der Waals surface area contributed by atoms with Crippen LogP contribution in [0.15, 0.2) is 31.9 Å². The normalized spacial score (nSPS) is 15.6. The number of ether oxygens (including phenoxy) is 2. The number of fused-ring (bicyclic) bond motifs is 1. The number of halogens is 1. The monoisotopic (exact) mass is 370 g/mol. The van der Waals surface area contributed by atoms with E-state index in [9.17, 15) is 4.79 Å². The van der Waals surface area contributed by atoms with Crippen molar-refractivity contribution in [3.05, 3.63) is 33.2 Å². The van der Waals surface area contributed by atoms with E-state index in [0.717, 1.165) is 36.3 Å². The lowest BCUT2D eigenvalue weighted by atomic mass is 10.2. The lowest BCUT2D eigenvalue weighted by Crippen LogP contribution is -2.51. The van der Waals surface area contributed by atoms with Gasteiger partial charge in [0.25, 0.3) is 0 Å². The summed E-state index contributed by atoms with van der Waals surface area (Å²) in [4.78, 5) is 14.3. The van der Waals surface area contributed by atoms with Gasteiger partial charge >= 0.3 is 5.76 Å².